The number of likely N-dealkylation sites (N-methyl/N-ethyl adjacent to an activating group) is 1. The highest BCUT2D eigenvalue weighted by molar-refractivity contribution is 6.04. The maximum absolute atomic E-state index is 13.2. The fourth-order valence-electron chi connectivity index (χ4n) is 3.67. The van der Waals surface area contributed by atoms with Gasteiger partial charge in [-0.1, -0.05) is 38.5 Å². The van der Waals surface area contributed by atoms with Gasteiger partial charge in [0, 0.05) is 36.7 Å². The second kappa shape index (κ2) is 11.5. The summed E-state index contributed by atoms with van der Waals surface area (Å²) >= 11 is 0. The van der Waals surface area contributed by atoms with E-state index < -0.39 is 0 Å². The summed E-state index contributed by atoms with van der Waals surface area (Å²) in [6.45, 7) is 7.47. The van der Waals surface area contributed by atoms with E-state index in [2.05, 4.69) is 29.2 Å². The number of nitrogens with one attached hydrogen (secondary N) is 1. The van der Waals surface area contributed by atoms with Crippen LogP contribution in [0, 0.1) is 0 Å². The molecule has 0 unspecified atom stereocenters. The van der Waals surface area contributed by atoms with Crippen LogP contribution in [0.4, 0.5) is 0 Å². The minimum atomic E-state index is -0.325. The van der Waals surface area contributed by atoms with E-state index >= 15 is 0 Å². The van der Waals surface area contributed by atoms with E-state index in [0.29, 0.717) is 34.5 Å². The summed E-state index contributed by atoms with van der Waals surface area (Å²) < 4.78 is 11.9. The lowest BCUT2D eigenvalue weighted by Gasteiger charge is -2.20. The molecule has 2 aromatic carbocycles. The zero-order valence-corrected chi connectivity index (χ0v) is 19.8. The van der Waals surface area contributed by atoms with Gasteiger partial charge in [-0.15, -0.1) is 0 Å². The Kier molecular flexibility index (Phi) is 8.43. The monoisotopic (exact) mass is 452 g/mol. The molecule has 176 valence electrons. The van der Waals surface area contributed by atoms with Crippen molar-refractivity contribution >= 4 is 16.7 Å². The van der Waals surface area contributed by atoms with Gasteiger partial charge in [0.1, 0.15) is 11.5 Å². The lowest BCUT2D eigenvalue weighted by molar-refractivity contribution is 0.0943. The lowest BCUT2D eigenvalue weighted by Crippen LogP contribution is -2.36. The summed E-state index contributed by atoms with van der Waals surface area (Å²) in [4.78, 5) is 28.7. The summed E-state index contributed by atoms with van der Waals surface area (Å²) in [6.07, 6.45) is 2.26. The highest BCUT2D eigenvalue weighted by Gasteiger charge is 2.18. The van der Waals surface area contributed by atoms with Crippen LogP contribution in [0.2, 0.25) is 0 Å². The summed E-state index contributed by atoms with van der Waals surface area (Å²) in [5, 5.41) is 8.36. The molecular formula is C25H32N4O4. The Morgan fingerprint density at radius 1 is 1.03 bits per heavy atom. The summed E-state index contributed by atoms with van der Waals surface area (Å²) in [5.41, 5.74) is 0.325. The highest BCUT2D eigenvalue weighted by Crippen LogP contribution is 2.25. The third-order valence-corrected chi connectivity index (χ3v) is 5.59. The van der Waals surface area contributed by atoms with Crippen LogP contribution in [0.25, 0.3) is 16.5 Å². The molecule has 3 aromatic rings. The molecule has 0 atom stereocenters. The molecule has 1 aromatic heterocycles. The molecule has 1 N–H and O–H groups in total. The molecule has 8 heteroatoms. The number of ether oxygens (including phenoxy) is 2. The molecule has 0 saturated carbocycles. The molecule has 0 spiro atoms. The van der Waals surface area contributed by atoms with E-state index in [1.165, 1.54) is 18.9 Å². The van der Waals surface area contributed by atoms with Crippen molar-refractivity contribution in [3.8, 4) is 17.2 Å². The van der Waals surface area contributed by atoms with Gasteiger partial charge >= 0.3 is 0 Å². The molecule has 1 heterocycles. The number of aromatic nitrogens is 2. The Labute approximate surface area is 194 Å². The van der Waals surface area contributed by atoms with E-state index in [0.717, 1.165) is 32.5 Å². The van der Waals surface area contributed by atoms with Crippen LogP contribution >= 0.6 is 0 Å². The highest BCUT2D eigenvalue weighted by atomic mass is 16.5. The molecule has 0 radical (unpaired) electrons. The number of unbranched alkanes of at least 4 members (excludes halogenated alkanes) is 1. The van der Waals surface area contributed by atoms with Crippen molar-refractivity contribution in [2.24, 2.45) is 0 Å². The zero-order valence-electron chi connectivity index (χ0n) is 19.8. The second-order valence-electron chi connectivity index (χ2n) is 7.73. The van der Waals surface area contributed by atoms with Crippen molar-refractivity contribution in [3.63, 3.8) is 0 Å². The quantitative estimate of drug-likeness (QED) is 0.481. The van der Waals surface area contributed by atoms with Crippen molar-refractivity contribution < 1.29 is 14.3 Å². The number of hydrogen-bond acceptors (Lipinski definition) is 6. The fourth-order valence-corrected chi connectivity index (χ4v) is 3.67. The first kappa shape index (κ1) is 24.3. The van der Waals surface area contributed by atoms with Gasteiger partial charge in [-0.25, -0.2) is 0 Å². The molecule has 0 aliphatic heterocycles. The number of methoxy groups -OCH3 is 2. The maximum Gasteiger partial charge on any atom is 0.279 e. The summed E-state index contributed by atoms with van der Waals surface area (Å²) in [7, 11) is 3.07. The van der Waals surface area contributed by atoms with Crippen molar-refractivity contribution in [3.05, 3.63) is 58.5 Å². The minimum absolute atomic E-state index is 0.198. The van der Waals surface area contributed by atoms with Crippen molar-refractivity contribution in [2.45, 2.75) is 26.7 Å². The van der Waals surface area contributed by atoms with Gasteiger partial charge in [0.05, 0.1) is 25.3 Å². The van der Waals surface area contributed by atoms with Gasteiger partial charge in [0.2, 0.25) is 0 Å². The number of benzene rings is 2. The molecule has 0 aliphatic carbocycles. The van der Waals surface area contributed by atoms with Gasteiger partial charge in [-0.3, -0.25) is 9.59 Å². The first-order chi connectivity index (χ1) is 16.0. The second-order valence-corrected chi connectivity index (χ2v) is 7.73. The number of nitrogens with zero attached hydrogens (tertiary/aromatic N) is 3. The molecule has 0 fully saturated rings. The predicted molar refractivity (Wildman–Crippen MR) is 130 cm³/mol. The van der Waals surface area contributed by atoms with Gasteiger partial charge < -0.3 is 19.7 Å². The van der Waals surface area contributed by atoms with Crippen LogP contribution in [0.1, 0.15) is 37.2 Å². The van der Waals surface area contributed by atoms with E-state index in [1.807, 2.05) is 0 Å². The van der Waals surface area contributed by atoms with E-state index in [-0.39, 0.29) is 17.2 Å². The Morgan fingerprint density at radius 2 is 1.70 bits per heavy atom. The average Bonchev–Trinajstić information content (AvgIpc) is 2.85. The number of rotatable bonds is 11. The molecule has 8 nitrogen and oxygen atoms in total. The SMILES string of the molecule is CCCCN(CC)CCNC(=O)c1nn(-c2cc(OC)cc(OC)c2)c(=O)c2ccccc12. The third-order valence-electron chi connectivity index (χ3n) is 5.59. The topological polar surface area (TPSA) is 85.7 Å². The molecular weight excluding hydrogens is 420 g/mol. The largest absolute Gasteiger partial charge is 0.497 e. The number of hydrogen-bond donors (Lipinski definition) is 1. The molecule has 3 rings (SSSR count). The number of amides is 1. The molecule has 0 saturated heterocycles. The normalized spacial score (nSPS) is 11.1. The summed E-state index contributed by atoms with van der Waals surface area (Å²) in [5.74, 6) is 0.717. The number of fused-ring (bicyclic) bond motifs is 1. The van der Waals surface area contributed by atoms with Crippen LogP contribution in [-0.2, 0) is 0 Å². The van der Waals surface area contributed by atoms with Gasteiger partial charge in [-0.2, -0.15) is 9.78 Å². The standard InChI is InChI=1S/C25H32N4O4/c1-5-7-13-28(6-2)14-12-26-24(30)23-21-10-8-9-11-22(21)25(31)29(27-23)18-15-19(32-3)17-20(16-18)33-4/h8-11,15-17H,5-7,12-14H2,1-4H3,(H,26,30). The molecule has 1 amide bonds. The molecule has 0 bridgehead atoms. The lowest BCUT2D eigenvalue weighted by atomic mass is 10.1. The van der Waals surface area contributed by atoms with E-state index in [9.17, 15) is 9.59 Å². The average molecular weight is 453 g/mol. The number of carbonyl (C=O) groups is 1. The molecule has 33 heavy (non-hydrogen) atoms. The van der Waals surface area contributed by atoms with Crippen LogP contribution in [0.3, 0.4) is 0 Å². The smallest absolute Gasteiger partial charge is 0.279 e. The van der Waals surface area contributed by atoms with Crippen molar-refractivity contribution in [1.82, 2.24) is 20.0 Å². The van der Waals surface area contributed by atoms with Gasteiger partial charge in [0.25, 0.3) is 11.5 Å². The van der Waals surface area contributed by atoms with Crippen LogP contribution < -0.4 is 20.3 Å². The zero-order chi connectivity index (χ0) is 23.8. The molecule has 0 aliphatic rings. The Morgan fingerprint density at radius 3 is 2.30 bits per heavy atom. The summed E-state index contributed by atoms with van der Waals surface area (Å²) in [6, 6.07) is 12.1. The first-order valence-corrected chi connectivity index (χ1v) is 11.3. The minimum Gasteiger partial charge on any atom is -0.497 e. The first-order valence-electron chi connectivity index (χ1n) is 11.3. The third kappa shape index (κ3) is 5.70. The van der Waals surface area contributed by atoms with Crippen molar-refractivity contribution in [1.29, 1.82) is 0 Å². The Hall–Kier alpha value is -3.39. The fraction of sp³-hybridized carbons (Fsp3) is 0.400. The van der Waals surface area contributed by atoms with Gasteiger partial charge in [0.15, 0.2) is 5.69 Å². The van der Waals surface area contributed by atoms with E-state index in [1.54, 1.807) is 42.5 Å². The number of carbonyl (C=O) groups excluding carboxylic acids is 1. The van der Waals surface area contributed by atoms with Crippen LogP contribution in [-0.4, -0.2) is 61.0 Å². The maximum atomic E-state index is 13.2. The Balaban J connectivity index is 1.97. The van der Waals surface area contributed by atoms with Crippen LogP contribution in [0.15, 0.2) is 47.3 Å². The van der Waals surface area contributed by atoms with E-state index in [4.69, 9.17) is 9.47 Å². The van der Waals surface area contributed by atoms with Crippen molar-refractivity contribution in [2.75, 3.05) is 40.4 Å². The van der Waals surface area contributed by atoms with Gasteiger partial charge in [-0.05, 0) is 25.6 Å². The Bertz CT molecular complexity index is 1140. The predicted octanol–water partition coefficient (Wildman–Crippen LogP) is 3.25. The van der Waals surface area contributed by atoms with Crippen LogP contribution in [0.5, 0.6) is 11.5 Å².